The van der Waals surface area contributed by atoms with Crippen LogP contribution in [0.2, 0.25) is 0 Å². The molecule has 6 N–H and O–H groups in total. The summed E-state index contributed by atoms with van der Waals surface area (Å²) in [6.07, 6.45) is 6.18. The van der Waals surface area contributed by atoms with Crippen molar-refractivity contribution in [1.29, 1.82) is 0 Å². The summed E-state index contributed by atoms with van der Waals surface area (Å²) in [6.45, 7) is 3.24. The van der Waals surface area contributed by atoms with Crippen LogP contribution in [0.4, 0.5) is 20.2 Å². The van der Waals surface area contributed by atoms with Gasteiger partial charge in [0, 0.05) is 36.9 Å². The SMILES string of the molecule is CCNc1cc(C(=O)N[C@@H](Cc2ccc(F)c(F)c2)[C@@H](O)CNC2CCCCC2)cc(N2CCCCS2(O)O)c1. The molecule has 40 heavy (non-hydrogen) atoms. The minimum absolute atomic E-state index is 0.100. The van der Waals surface area contributed by atoms with Gasteiger partial charge in [-0.3, -0.25) is 18.2 Å². The van der Waals surface area contributed by atoms with Gasteiger partial charge in [0.05, 0.1) is 23.6 Å². The van der Waals surface area contributed by atoms with Crippen LogP contribution >= 0.6 is 10.8 Å². The highest BCUT2D eigenvalue weighted by Crippen LogP contribution is 2.50. The molecule has 11 heteroatoms. The van der Waals surface area contributed by atoms with Crippen LogP contribution in [0.5, 0.6) is 0 Å². The summed E-state index contributed by atoms with van der Waals surface area (Å²) >= 11 is 0. The second kappa shape index (κ2) is 14.0. The van der Waals surface area contributed by atoms with Crippen LogP contribution in [0.15, 0.2) is 36.4 Å². The summed E-state index contributed by atoms with van der Waals surface area (Å²) in [7, 11) is -2.99. The summed E-state index contributed by atoms with van der Waals surface area (Å²) in [5.41, 5.74) is 1.92. The Labute approximate surface area is 237 Å². The van der Waals surface area contributed by atoms with E-state index in [0.717, 1.165) is 50.7 Å². The fraction of sp³-hybridized carbons (Fsp3) is 0.552. The number of rotatable bonds is 11. The first-order valence-electron chi connectivity index (χ1n) is 14.2. The van der Waals surface area contributed by atoms with Crippen molar-refractivity contribution >= 4 is 28.1 Å². The number of amides is 1. The second-order valence-electron chi connectivity index (χ2n) is 10.8. The predicted octanol–water partition coefficient (Wildman–Crippen LogP) is 5.29. The zero-order chi connectivity index (χ0) is 28.7. The quantitative estimate of drug-likeness (QED) is 0.214. The van der Waals surface area contributed by atoms with Crippen molar-refractivity contribution in [2.24, 2.45) is 0 Å². The third-order valence-corrected chi connectivity index (χ3v) is 9.61. The van der Waals surface area contributed by atoms with Crippen LogP contribution in [0.1, 0.15) is 67.8 Å². The van der Waals surface area contributed by atoms with Crippen LogP contribution in [0.25, 0.3) is 0 Å². The van der Waals surface area contributed by atoms with Gasteiger partial charge in [-0.05, 0) is 74.9 Å². The highest BCUT2D eigenvalue weighted by atomic mass is 32.3. The number of nitrogens with zero attached hydrogens (tertiary/aromatic N) is 1. The van der Waals surface area contributed by atoms with Crippen LogP contribution in [0.3, 0.4) is 0 Å². The van der Waals surface area contributed by atoms with Crippen LogP contribution in [-0.4, -0.2) is 63.7 Å². The lowest BCUT2D eigenvalue weighted by Crippen LogP contribution is -2.50. The summed E-state index contributed by atoms with van der Waals surface area (Å²) in [4.78, 5) is 13.6. The molecule has 0 spiro atoms. The van der Waals surface area contributed by atoms with Gasteiger partial charge in [0.15, 0.2) is 11.6 Å². The first-order valence-corrected chi connectivity index (χ1v) is 15.9. The molecule has 0 bridgehead atoms. The van der Waals surface area contributed by atoms with Gasteiger partial charge in [0.25, 0.3) is 5.91 Å². The molecule has 1 saturated carbocycles. The Morgan fingerprint density at radius 2 is 1.82 bits per heavy atom. The maximum Gasteiger partial charge on any atom is 0.251 e. The average molecular weight is 581 g/mol. The van der Waals surface area contributed by atoms with E-state index >= 15 is 0 Å². The molecule has 222 valence electrons. The van der Waals surface area contributed by atoms with Gasteiger partial charge in [0.1, 0.15) is 0 Å². The van der Waals surface area contributed by atoms with E-state index in [0.29, 0.717) is 36.1 Å². The van der Waals surface area contributed by atoms with E-state index in [1.807, 2.05) is 6.92 Å². The van der Waals surface area contributed by atoms with Crippen LogP contribution in [0, 0.1) is 11.6 Å². The molecule has 1 aliphatic carbocycles. The fourth-order valence-corrected chi connectivity index (χ4v) is 7.17. The Kier molecular flexibility index (Phi) is 10.6. The predicted molar refractivity (Wildman–Crippen MR) is 157 cm³/mol. The van der Waals surface area contributed by atoms with Gasteiger partial charge in [-0.2, -0.15) is 0 Å². The van der Waals surface area contributed by atoms with Gasteiger partial charge < -0.3 is 21.1 Å². The van der Waals surface area contributed by atoms with Gasteiger partial charge in [-0.1, -0.05) is 25.3 Å². The van der Waals surface area contributed by atoms with Crippen molar-refractivity contribution in [3.8, 4) is 0 Å². The molecule has 1 saturated heterocycles. The van der Waals surface area contributed by atoms with E-state index in [1.54, 1.807) is 22.5 Å². The molecule has 2 aromatic carbocycles. The van der Waals surface area contributed by atoms with Crippen LogP contribution < -0.4 is 20.3 Å². The topological polar surface area (TPSA) is 117 Å². The van der Waals surface area contributed by atoms with E-state index in [-0.39, 0.29) is 24.3 Å². The largest absolute Gasteiger partial charge is 0.390 e. The van der Waals surface area contributed by atoms with E-state index in [9.17, 15) is 27.8 Å². The Balaban J connectivity index is 1.56. The van der Waals surface area contributed by atoms with Crippen molar-refractivity contribution < 1.29 is 27.8 Å². The molecule has 1 heterocycles. The molecule has 2 atom stereocenters. The van der Waals surface area contributed by atoms with Crippen molar-refractivity contribution in [3.05, 3.63) is 59.2 Å². The number of hydrogen-bond acceptors (Lipinski definition) is 7. The minimum Gasteiger partial charge on any atom is -0.390 e. The molecule has 1 amide bonds. The molecule has 2 fully saturated rings. The molecule has 0 unspecified atom stereocenters. The third kappa shape index (κ3) is 8.07. The molecule has 0 aromatic heterocycles. The number of halogens is 2. The number of anilines is 2. The second-order valence-corrected chi connectivity index (χ2v) is 12.9. The lowest BCUT2D eigenvalue weighted by Gasteiger charge is -2.47. The van der Waals surface area contributed by atoms with Crippen LogP contribution in [-0.2, 0) is 6.42 Å². The number of carbonyl (C=O) groups is 1. The molecular formula is C29H42F2N4O4S. The summed E-state index contributed by atoms with van der Waals surface area (Å²) in [5, 5.41) is 20.7. The fourth-order valence-electron chi connectivity index (χ4n) is 5.49. The monoisotopic (exact) mass is 580 g/mol. The van der Waals surface area contributed by atoms with Crippen molar-refractivity contribution in [1.82, 2.24) is 10.6 Å². The smallest absolute Gasteiger partial charge is 0.251 e. The first-order chi connectivity index (χ1) is 19.2. The molecule has 0 radical (unpaired) electrons. The first kappa shape index (κ1) is 30.5. The van der Waals surface area contributed by atoms with Gasteiger partial charge in [0.2, 0.25) is 0 Å². The maximum absolute atomic E-state index is 14.0. The van der Waals surface area contributed by atoms with E-state index in [2.05, 4.69) is 16.0 Å². The van der Waals surface area contributed by atoms with E-state index in [1.165, 1.54) is 12.5 Å². The Hall–Kier alpha value is -2.44. The zero-order valence-corrected chi connectivity index (χ0v) is 23.9. The Morgan fingerprint density at radius 3 is 2.52 bits per heavy atom. The number of aliphatic hydroxyl groups excluding tert-OH is 1. The standard InChI is InChI=1S/C29H42F2N4O4S/c1-2-32-23-16-21(17-24(18-23)35-12-6-7-13-40(35,38)39)29(37)34-27(15-20-10-11-25(30)26(31)14-20)28(36)19-33-22-8-4-3-5-9-22/h10-11,14,16-18,22,27-28,32-33,36,38-39H,2-9,12-13,15,19H2,1H3,(H,34,37)/t27-,28-/m0/s1. The van der Waals surface area contributed by atoms with Crippen molar-refractivity contribution in [2.45, 2.75) is 76.5 Å². The summed E-state index contributed by atoms with van der Waals surface area (Å²) in [6, 6.07) is 8.18. The number of benzene rings is 2. The maximum atomic E-state index is 14.0. The number of nitrogens with one attached hydrogen (secondary N) is 3. The average Bonchev–Trinajstić information content (AvgIpc) is 2.93. The number of aliphatic hydroxyl groups is 1. The Bertz CT molecular complexity index is 1150. The highest BCUT2D eigenvalue weighted by molar-refractivity contribution is 8.25. The molecular weight excluding hydrogens is 538 g/mol. The summed E-state index contributed by atoms with van der Waals surface area (Å²) in [5.74, 6) is -2.13. The minimum atomic E-state index is -2.99. The lowest BCUT2D eigenvalue weighted by molar-refractivity contribution is 0.0821. The molecule has 1 aliphatic heterocycles. The number of hydrogen-bond donors (Lipinski definition) is 6. The molecule has 8 nitrogen and oxygen atoms in total. The molecule has 4 rings (SSSR count). The molecule has 2 aliphatic rings. The van der Waals surface area contributed by atoms with E-state index in [4.69, 9.17) is 0 Å². The third-order valence-electron chi connectivity index (χ3n) is 7.67. The lowest BCUT2D eigenvalue weighted by atomic mass is 9.94. The van der Waals surface area contributed by atoms with Crippen molar-refractivity contribution in [2.75, 3.05) is 35.0 Å². The summed E-state index contributed by atoms with van der Waals surface area (Å²) < 4.78 is 50.4. The van der Waals surface area contributed by atoms with Gasteiger partial charge >= 0.3 is 0 Å². The highest BCUT2D eigenvalue weighted by Gasteiger charge is 2.29. The van der Waals surface area contributed by atoms with Gasteiger partial charge in [-0.25, -0.2) is 8.78 Å². The normalized spacial score (nSPS) is 20.0. The molecule has 2 aromatic rings. The zero-order valence-electron chi connectivity index (χ0n) is 23.0. The van der Waals surface area contributed by atoms with Crippen molar-refractivity contribution in [3.63, 3.8) is 0 Å². The Morgan fingerprint density at radius 1 is 1.05 bits per heavy atom. The van der Waals surface area contributed by atoms with E-state index < -0.39 is 40.5 Å². The van der Waals surface area contributed by atoms with Gasteiger partial charge in [-0.15, -0.1) is 10.8 Å². The number of carbonyl (C=O) groups excluding carboxylic acids is 1.